The summed E-state index contributed by atoms with van der Waals surface area (Å²) in [6.07, 6.45) is 2.44. The molecule has 0 fully saturated rings. The largest absolute Gasteiger partial charge is 0.491 e. The van der Waals surface area contributed by atoms with E-state index in [-0.39, 0.29) is 6.10 Å². The van der Waals surface area contributed by atoms with Crippen LogP contribution in [0.4, 0.5) is 0 Å². The van der Waals surface area contributed by atoms with E-state index in [9.17, 15) is 0 Å². The van der Waals surface area contributed by atoms with E-state index in [0.29, 0.717) is 0 Å². The van der Waals surface area contributed by atoms with E-state index in [1.807, 2.05) is 26.0 Å². The molecule has 0 radical (unpaired) electrons. The molecule has 0 spiro atoms. The zero-order valence-electron chi connectivity index (χ0n) is 13.7. The summed E-state index contributed by atoms with van der Waals surface area (Å²) >= 11 is 0. The summed E-state index contributed by atoms with van der Waals surface area (Å²) in [6.45, 7) is 9.60. The Hall–Kier alpha value is -1.81. The van der Waals surface area contributed by atoms with Gasteiger partial charge < -0.3 is 4.74 Å². The van der Waals surface area contributed by atoms with Gasteiger partial charge in [-0.2, -0.15) is 5.10 Å². The Kier molecular flexibility index (Phi) is 4.48. The molecule has 2 aromatic rings. The molecule has 118 valence electrons. The lowest BCUT2D eigenvalue weighted by atomic mass is 10.0. The molecule has 1 aromatic carbocycles. The minimum Gasteiger partial charge on any atom is -0.491 e. The third-order valence-electron chi connectivity index (χ3n) is 4.03. The first-order chi connectivity index (χ1) is 10.7. The quantitative estimate of drug-likeness (QED) is 0.916. The van der Waals surface area contributed by atoms with Crippen molar-refractivity contribution in [2.75, 3.05) is 13.1 Å². The molecule has 0 atom stereocenters. The van der Waals surface area contributed by atoms with E-state index in [1.54, 1.807) is 0 Å². The van der Waals surface area contributed by atoms with E-state index in [0.717, 1.165) is 43.1 Å². The summed E-state index contributed by atoms with van der Waals surface area (Å²) in [4.78, 5) is 2.51. The molecule has 0 aliphatic carbocycles. The third kappa shape index (κ3) is 3.17. The van der Waals surface area contributed by atoms with E-state index in [1.165, 1.54) is 17.7 Å². The molecule has 0 saturated heterocycles. The fourth-order valence-corrected chi connectivity index (χ4v) is 3.09. The summed E-state index contributed by atoms with van der Waals surface area (Å²) in [7, 11) is 0. The van der Waals surface area contributed by atoms with Crippen molar-refractivity contribution in [3.63, 3.8) is 0 Å². The van der Waals surface area contributed by atoms with Gasteiger partial charge in [0.15, 0.2) is 0 Å². The lowest BCUT2D eigenvalue weighted by Gasteiger charge is -2.26. The maximum absolute atomic E-state index is 5.81. The van der Waals surface area contributed by atoms with Crippen LogP contribution < -0.4 is 4.74 Å². The molecule has 0 saturated carbocycles. The molecule has 0 bridgehead atoms. The van der Waals surface area contributed by atoms with Gasteiger partial charge in [-0.05, 0) is 38.9 Å². The van der Waals surface area contributed by atoms with E-state index >= 15 is 0 Å². The number of hydrogen-bond acceptors (Lipinski definition) is 3. The Balaban J connectivity index is 1.89. The number of rotatable bonds is 5. The second-order valence-electron chi connectivity index (χ2n) is 6.25. The van der Waals surface area contributed by atoms with Crippen LogP contribution in [0.3, 0.4) is 0 Å². The molecule has 2 heterocycles. The van der Waals surface area contributed by atoms with E-state index in [2.05, 4.69) is 34.2 Å². The number of fused-ring (bicyclic) bond motifs is 1. The van der Waals surface area contributed by atoms with Gasteiger partial charge in [0.1, 0.15) is 5.75 Å². The van der Waals surface area contributed by atoms with Crippen molar-refractivity contribution in [3.8, 4) is 17.0 Å². The fourth-order valence-electron chi connectivity index (χ4n) is 3.09. The number of benzene rings is 1. The van der Waals surface area contributed by atoms with Gasteiger partial charge in [0.25, 0.3) is 0 Å². The number of hydrogen-bond donors (Lipinski definition) is 1. The van der Waals surface area contributed by atoms with Gasteiger partial charge in [-0.15, -0.1) is 0 Å². The molecule has 1 N–H and O–H groups in total. The molecule has 1 aromatic heterocycles. The van der Waals surface area contributed by atoms with Crippen molar-refractivity contribution in [1.82, 2.24) is 15.1 Å². The molecule has 3 rings (SSSR count). The smallest absolute Gasteiger partial charge is 0.120 e. The van der Waals surface area contributed by atoms with Crippen LogP contribution in [-0.2, 0) is 13.0 Å². The van der Waals surface area contributed by atoms with Crippen LogP contribution in [0.15, 0.2) is 24.3 Å². The highest BCUT2D eigenvalue weighted by molar-refractivity contribution is 5.66. The van der Waals surface area contributed by atoms with Gasteiger partial charge in [0.2, 0.25) is 0 Å². The molecule has 0 unspecified atom stereocenters. The summed E-state index contributed by atoms with van der Waals surface area (Å²) in [5, 5.41) is 7.81. The minimum absolute atomic E-state index is 0.184. The Morgan fingerprint density at radius 1 is 1.36 bits per heavy atom. The highest BCUT2D eigenvalue weighted by Gasteiger charge is 2.22. The van der Waals surface area contributed by atoms with Gasteiger partial charge in [0.05, 0.1) is 11.8 Å². The monoisotopic (exact) mass is 299 g/mol. The van der Waals surface area contributed by atoms with E-state index in [4.69, 9.17) is 4.74 Å². The van der Waals surface area contributed by atoms with Gasteiger partial charge >= 0.3 is 0 Å². The molecular weight excluding hydrogens is 274 g/mol. The lowest BCUT2D eigenvalue weighted by molar-refractivity contribution is 0.242. The Morgan fingerprint density at radius 3 is 3.00 bits per heavy atom. The van der Waals surface area contributed by atoms with Crippen LogP contribution in [0.2, 0.25) is 0 Å². The van der Waals surface area contributed by atoms with Gasteiger partial charge in [0, 0.05) is 36.3 Å². The molecule has 1 aliphatic heterocycles. The second kappa shape index (κ2) is 6.53. The van der Waals surface area contributed by atoms with Crippen LogP contribution in [0.1, 0.15) is 38.4 Å². The summed E-state index contributed by atoms with van der Waals surface area (Å²) in [6, 6.07) is 8.25. The van der Waals surface area contributed by atoms with Crippen LogP contribution in [0.25, 0.3) is 11.3 Å². The maximum Gasteiger partial charge on any atom is 0.120 e. The second-order valence-corrected chi connectivity index (χ2v) is 6.25. The number of H-pyrrole nitrogens is 1. The molecule has 0 amide bonds. The number of nitrogens with one attached hydrogen (secondary N) is 1. The van der Waals surface area contributed by atoms with Crippen molar-refractivity contribution >= 4 is 0 Å². The van der Waals surface area contributed by atoms with Crippen molar-refractivity contribution in [1.29, 1.82) is 0 Å². The van der Waals surface area contributed by atoms with E-state index < -0.39 is 0 Å². The summed E-state index contributed by atoms with van der Waals surface area (Å²) < 4.78 is 5.81. The first-order valence-corrected chi connectivity index (χ1v) is 8.23. The van der Waals surface area contributed by atoms with Crippen LogP contribution in [0.5, 0.6) is 5.75 Å². The first kappa shape index (κ1) is 15.1. The van der Waals surface area contributed by atoms with Gasteiger partial charge in [-0.1, -0.05) is 19.1 Å². The first-order valence-electron chi connectivity index (χ1n) is 8.23. The zero-order chi connectivity index (χ0) is 15.5. The molecule has 1 aliphatic rings. The maximum atomic E-state index is 5.81. The Morgan fingerprint density at radius 2 is 2.23 bits per heavy atom. The topological polar surface area (TPSA) is 41.2 Å². The lowest BCUT2D eigenvalue weighted by Crippen LogP contribution is -2.31. The van der Waals surface area contributed by atoms with Gasteiger partial charge in [-0.3, -0.25) is 10.00 Å². The normalized spacial score (nSPS) is 15.1. The average Bonchev–Trinajstić information content (AvgIpc) is 2.90. The molecule has 4 nitrogen and oxygen atoms in total. The van der Waals surface area contributed by atoms with Crippen LogP contribution in [-0.4, -0.2) is 34.3 Å². The fraction of sp³-hybridized carbons (Fsp3) is 0.500. The third-order valence-corrected chi connectivity index (χ3v) is 4.03. The van der Waals surface area contributed by atoms with Gasteiger partial charge in [-0.25, -0.2) is 0 Å². The number of aromatic nitrogens is 2. The highest BCUT2D eigenvalue weighted by Crippen LogP contribution is 2.30. The van der Waals surface area contributed by atoms with Crippen molar-refractivity contribution < 1.29 is 4.74 Å². The Labute approximate surface area is 132 Å². The SMILES string of the molecule is CCCN1CCc2[nH]nc(-c3cccc(OC(C)C)c3)c2C1. The summed E-state index contributed by atoms with van der Waals surface area (Å²) in [5.74, 6) is 0.908. The average molecular weight is 299 g/mol. The number of ether oxygens (including phenoxy) is 1. The van der Waals surface area contributed by atoms with Crippen LogP contribution in [0, 0.1) is 0 Å². The number of aromatic amines is 1. The molecule has 22 heavy (non-hydrogen) atoms. The predicted octanol–water partition coefficient (Wildman–Crippen LogP) is 3.63. The molecule has 4 heteroatoms. The predicted molar refractivity (Wildman–Crippen MR) is 89.1 cm³/mol. The van der Waals surface area contributed by atoms with Crippen LogP contribution >= 0.6 is 0 Å². The minimum atomic E-state index is 0.184. The summed E-state index contributed by atoms with van der Waals surface area (Å²) in [5.41, 5.74) is 4.85. The Bertz CT molecular complexity index is 633. The van der Waals surface area contributed by atoms with Crippen molar-refractivity contribution in [3.05, 3.63) is 35.5 Å². The standard InChI is InChI=1S/C18H25N3O/c1-4-9-21-10-8-17-16(12-21)18(20-19-17)14-6-5-7-15(11-14)22-13(2)3/h5-7,11,13H,4,8-10,12H2,1-3H3,(H,19,20). The molecular formula is C18H25N3O. The van der Waals surface area contributed by atoms with Crippen molar-refractivity contribution in [2.24, 2.45) is 0 Å². The zero-order valence-corrected chi connectivity index (χ0v) is 13.7. The number of nitrogens with zero attached hydrogens (tertiary/aromatic N) is 2. The van der Waals surface area contributed by atoms with Crippen molar-refractivity contribution in [2.45, 2.75) is 46.3 Å². The highest BCUT2D eigenvalue weighted by atomic mass is 16.5.